The van der Waals surface area contributed by atoms with Gasteiger partial charge in [-0.1, -0.05) is 50.3 Å². The van der Waals surface area contributed by atoms with E-state index in [1.807, 2.05) is 6.92 Å². The lowest BCUT2D eigenvalue weighted by molar-refractivity contribution is 0.0413. The zero-order chi connectivity index (χ0) is 21.2. The Balaban J connectivity index is 1.72. The summed E-state index contributed by atoms with van der Waals surface area (Å²) in [5.74, 6) is 1.89. The fraction of sp³-hybridized carbons (Fsp3) is 0.692. The van der Waals surface area contributed by atoms with Gasteiger partial charge in [-0.3, -0.25) is 0 Å². The predicted octanol–water partition coefficient (Wildman–Crippen LogP) is 5.36. The molecule has 0 heterocycles. The maximum Gasteiger partial charge on any atom is 0.0811 e. The number of allylic oxidation sites excluding steroid dienone is 3. The normalized spacial score (nSPS) is 39.0. The summed E-state index contributed by atoms with van der Waals surface area (Å²) in [6.07, 6.45) is 10.6. The molecule has 3 nitrogen and oxygen atoms in total. The second-order valence-corrected chi connectivity index (χ2v) is 10.1. The van der Waals surface area contributed by atoms with Crippen molar-refractivity contribution in [1.29, 1.82) is 0 Å². The van der Waals surface area contributed by atoms with Crippen molar-refractivity contribution < 1.29 is 14.9 Å². The maximum absolute atomic E-state index is 10.1. The molecule has 0 radical (unpaired) electrons. The molecule has 6 atom stereocenters. The molecule has 0 bridgehead atoms. The van der Waals surface area contributed by atoms with Gasteiger partial charge in [-0.15, -0.1) is 0 Å². The molecule has 0 saturated heterocycles. The van der Waals surface area contributed by atoms with Crippen LogP contribution in [0.25, 0.3) is 0 Å². The number of aliphatic hydroxyl groups excluding tert-OH is 2. The zero-order valence-corrected chi connectivity index (χ0v) is 18.6. The van der Waals surface area contributed by atoms with Crippen LogP contribution < -0.4 is 0 Å². The smallest absolute Gasteiger partial charge is 0.0811 e. The second-order valence-electron chi connectivity index (χ2n) is 10.1. The van der Waals surface area contributed by atoms with Crippen LogP contribution >= 0.6 is 0 Å². The minimum Gasteiger partial charge on any atom is -0.393 e. The molecule has 3 aliphatic carbocycles. The van der Waals surface area contributed by atoms with Gasteiger partial charge in [0.15, 0.2) is 0 Å². The van der Waals surface area contributed by atoms with Crippen LogP contribution in [0.3, 0.4) is 0 Å². The molecule has 0 aromatic rings. The van der Waals surface area contributed by atoms with E-state index in [0.717, 1.165) is 29.7 Å². The number of fused-ring (bicyclic) bond motifs is 1. The molecule has 0 amide bonds. The highest BCUT2D eigenvalue weighted by molar-refractivity contribution is 5.38. The van der Waals surface area contributed by atoms with Crippen molar-refractivity contribution in [3.63, 3.8) is 0 Å². The van der Waals surface area contributed by atoms with Crippen molar-refractivity contribution in [2.45, 2.75) is 77.9 Å². The third kappa shape index (κ3) is 4.95. The molecule has 29 heavy (non-hydrogen) atoms. The van der Waals surface area contributed by atoms with Gasteiger partial charge in [-0.05, 0) is 79.8 Å². The third-order valence-electron chi connectivity index (χ3n) is 7.72. The van der Waals surface area contributed by atoms with Gasteiger partial charge < -0.3 is 14.9 Å². The molecular formula is C26H40O3. The van der Waals surface area contributed by atoms with Gasteiger partial charge >= 0.3 is 0 Å². The first-order valence-electron chi connectivity index (χ1n) is 11.4. The average molecular weight is 401 g/mol. The van der Waals surface area contributed by atoms with E-state index in [0.29, 0.717) is 42.6 Å². The van der Waals surface area contributed by atoms with Crippen LogP contribution in [0.2, 0.25) is 0 Å². The fourth-order valence-corrected chi connectivity index (χ4v) is 6.21. The number of aliphatic hydroxyl groups is 2. The summed E-state index contributed by atoms with van der Waals surface area (Å²) in [4.78, 5) is 0. The summed E-state index contributed by atoms with van der Waals surface area (Å²) in [6, 6.07) is 0. The van der Waals surface area contributed by atoms with Crippen LogP contribution in [0.5, 0.6) is 0 Å². The Kier molecular flexibility index (Phi) is 7.24. The minimum absolute atomic E-state index is 0.344. The summed E-state index contributed by atoms with van der Waals surface area (Å²) in [7, 11) is 0. The molecule has 3 heteroatoms. The SMILES string of the molecule is C=C(C)COC[C@@H](C)[C@H]1CC[C@H]2/C(=C/C=C3/C[C@@H](O)C[C@H](O)C3=C)CCC[C@]12C. The maximum atomic E-state index is 10.1. The van der Waals surface area contributed by atoms with Crippen LogP contribution in [0.15, 0.2) is 47.6 Å². The van der Waals surface area contributed by atoms with Crippen molar-refractivity contribution in [3.05, 3.63) is 47.6 Å². The molecule has 0 aromatic heterocycles. The lowest BCUT2D eigenvalue weighted by atomic mass is 9.61. The molecule has 3 aliphatic rings. The molecule has 2 N–H and O–H groups in total. The van der Waals surface area contributed by atoms with Crippen molar-refractivity contribution in [2.75, 3.05) is 13.2 Å². The van der Waals surface area contributed by atoms with E-state index in [1.165, 1.54) is 25.7 Å². The van der Waals surface area contributed by atoms with Crippen LogP contribution in [0, 0.1) is 23.2 Å². The molecule has 0 spiro atoms. The Hall–Kier alpha value is -1.16. The van der Waals surface area contributed by atoms with Crippen molar-refractivity contribution in [1.82, 2.24) is 0 Å². The monoisotopic (exact) mass is 400 g/mol. The largest absolute Gasteiger partial charge is 0.393 e. The molecule has 3 fully saturated rings. The zero-order valence-electron chi connectivity index (χ0n) is 18.6. The highest BCUT2D eigenvalue weighted by atomic mass is 16.5. The van der Waals surface area contributed by atoms with E-state index < -0.39 is 12.2 Å². The first-order valence-corrected chi connectivity index (χ1v) is 11.4. The molecule has 3 rings (SSSR count). The number of ether oxygens (including phenoxy) is 1. The third-order valence-corrected chi connectivity index (χ3v) is 7.72. The number of hydrogen-bond acceptors (Lipinski definition) is 3. The first kappa shape index (κ1) is 22.5. The van der Waals surface area contributed by atoms with Crippen LogP contribution in [0.4, 0.5) is 0 Å². The van der Waals surface area contributed by atoms with Gasteiger partial charge in [-0.25, -0.2) is 0 Å². The molecule has 0 unspecified atom stereocenters. The van der Waals surface area contributed by atoms with Gasteiger partial charge in [0.2, 0.25) is 0 Å². The van der Waals surface area contributed by atoms with Gasteiger partial charge in [-0.2, -0.15) is 0 Å². The Bertz CT molecular complexity index is 688. The van der Waals surface area contributed by atoms with E-state index in [9.17, 15) is 10.2 Å². The molecule has 162 valence electrons. The van der Waals surface area contributed by atoms with E-state index in [4.69, 9.17) is 4.74 Å². The van der Waals surface area contributed by atoms with Gasteiger partial charge in [0.1, 0.15) is 0 Å². The minimum atomic E-state index is -0.615. The summed E-state index contributed by atoms with van der Waals surface area (Å²) in [6.45, 7) is 16.3. The Morgan fingerprint density at radius 2 is 2.07 bits per heavy atom. The summed E-state index contributed by atoms with van der Waals surface area (Å²) < 4.78 is 5.90. The molecule has 0 aliphatic heterocycles. The molecule has 3 saturated carbocycles. The van der Waals surface area contributed by atoms with Crippen molar-refractivity contribution >= 4 is 0 Å². The Labute approximate surface area is 177 Å². The fourth-order valence-electron chi connectivity index (χ4n) is 6.21. The Morgan fingerprint density at radius 3 is 2.79 bits per heavy atom. The summed E-state index contributed by atoms with van der Waals surface area (Å²) >= 11 is 0. The number of rotatable bonds is 6. The van der Waals surface area contributed by atoms with Crippen molar-refractivity contribution in [3.8, 4) is 0 Å². The lowest BCUT2D eigenvalue weighted by Crippen LogP contribution is -2.37. The van der Waals surface area contributed by atoms with Crippen molar-refractivity contribution in [2.24, 2.45) is 23.2 Å². The van der Waals surface area contributed by atoms with E-state index in [2.05, 4.69) is 39.2 Å². The van der Waals surface area contributed by atoms with E-state index >= 15 is 0 Å². The second kappa shape index (κ2) is 9.32. The highest BCUT2D eigenvalue weighted by Gasteiger charge is 2.50. The average Bonchev–Trinajstić information content (AvgIpc) is 3.00. The molecule has 0 aromatic carbocycles. The van der Waals surface area contributed by atoms with Gasteiger partial charge in [0.05, 0.1) is 18.8 Å². The van der Waals surface area contributed by atoms with Gasteiger partial charge in [0, 0.05) is 13.0 Å². The number of hydrogen-bond donors (Lipinski definition) is 2. The van der Waals surface area contributed by atoms with Gasteiger partial charge in [0.25, 0.3) is 0 Å². The summed E-state index contributed by atoms with van der Waals surface area (Å²) in [5, 5.41) is 20.1. The molecular weight excluding hydrogens is 360 g/mol. The van der Waals surface area contributed by atoms with Crippen LogP contribution in [-0.4, -0.2) is 35.6 Å². The summed E-state index contributed by atoms with van der Waals surface area (Å²) in [5.41, 5.74) is 4.76. The highest BCUT2D eigenvalue weighted by Crippen LogP contribution is 2.59. The van der Waals surface area contributed by atoms with Crippen LogP contribution in [0.1, 0.15) is 65.7 Å². The van der Waals surface area contributed by atoms with E-state index in [1.54, 1.807) is 5.57 Å². The lowest BCUT2D eigenvalue weighted by Gasteiger charge is -2.44. The quantitative estimate of drug-likeness (QED) is 0.590. The standard InChI is InChI=1S/C26H40O3/c1-17(2)15-29-16-18(3)23-10-11-24-20(7-6-12-26(23,24)5)8-9-21-13-22(27)14-25(28)19(21)4/h8-9,18,22-25,27-28H,1,4,6-7,10-16H2,2-3,5H3/b20-8+,21-9-/t18-,22-,23-,24+,25+,26-/m1/s1. The predicted molar refractivity (Wildman–Crippen MR) is 120 cm³/mol. The Morgan fingerprint density at radius 1 is 1.31 bits per heavy atom. The topological polar surface area (TPSA) is 49.7 Å². The van der Waals surface area contributed by atoms with Crippen LogP contribution in [-0.2, 0) is 4.74 Å². The first-order chi connectivity index (χ1) is 13.7. The van der Waals surface area contributed by atoms with E-state index in [-0.39, 0.29) is 0 Å².